The van der Waals surface area contributed by atoms with Gasteiger partial charge in [-0.3, -0.25) is 9.69 Å². The second kappa shape index (κ2) is 10.1. The highest BCUT2D eigenvalue weighted by Crippen LogP contribution is 2.28. The van der Waals surface area contributed by atoms with Gasteiger partial charge in [0.25, 0.3) is 5.56 Å². The lowest BCUT2D eigenvalue weighted by Crippen LogP contribution is -2.36. The average Bonchev–Trinajstić information content (AvgIpc) is 3.30. The van der Waals surface area contributed by atoms with Crippen LogP contribution >= 0.6 is 0 Å². The van der Waals surface area contributed by atoms with Crippen molar-refractivity contribution in [2.75, 3.05) is 6.54 Å². The van der Waals surface area contributed by atoms with Crippen molar-refractivity contribution in [3.8, 4) is 0 Å². The van der Waals surface area contributed by atoms with E-state index < -0.39 is 0 Å². The number of benzene rings is 2. The number of aryl methyl sites for hydroxylation is 2. The Labute approximate surface area is 207 Å². The van der Waals surface area contributed by atoms with Crippen LogP contribution in [0.15, 0.2) is 53.3 Å². The molecule has 0 bridgehead atoms. The summed E-state index contributed by atoms with van der Waals surface area (Å²) in [4.78, 5) is 18.7. The third-order valence-electron chi connectivity index (χ3n) is 6.53. The molecule has 0 unspecified atom stereocenters. The van der Waals surface area contributed by atoms with Crippen molar-refractivity contribution in [1.82, 2.24) is 30.1 Å². The first-order valence-corrected chi connectivity index (χ1v) is 12.4. The first-order chi connectivity index (χ1) is 16.7. The minimum Gasteiger partial charge on any atom is -0.321 e. The van der Waals surface area contributed by atoms with Crippen LogP contribution in [-0.2, 0) is 18.5 Å². The maximum absolute atomic E-state index is 13.2. The van der Waals surface area contributed by atoms with Gasteiger partial charge in [0.05, 0.1) is 17.1 Å². The van der Waals surface area contributed by atoms with Gasteiger partial charge in [-0.2, -0.15) is 0 Å². The van der Waals surface area contributed by atoms with Gasteiger partial charge in [0, 0.05) is 18.7 Å². The summed E-state index contributed by atoms with van der Waals surface area (Å²) in [6, 6.07) is 16.7. The van der Waals surface area contributed by atoms with Gasteiger partial charge >= 0.3 is 0 Å². The van der Waals surface area contributed by atoms with Crippen LogP contribution in [0.5, 0.6) is 0 Å². The molecule has 0 saturated heterocycles. The second-order valence-corrected chi connectivity index (χ2v) is 10.4. The summed E-state index contributed by atoms with van der Waals surface area (Å²) >= 11 is 0. The van der Waals surface area contributed by atoms with Gasteiger partial charge in [-0.05, 0) is 86.5 Å². The summed E-state index contributed by atoms with van der Waals surface area (Å²) < 4.78 is 1.91. The molecule has 0 radical (unpaired) electrons. The lowest BCUT2D eigenvalue weighted by atomic mass is 10.0. The molecule has 2 heterocycles. The van der Waals surface area contributed by atoms with Crippen LogP contribution in [0.1, 0.15) is 68.2 Å². The van der Waals surface area contributed by atoms with Crippen LogP contribution < -0.4 is 5.56 Å². The molecule has 7 nitrogen and oxygen atoms in total. The summed E-state index contributed by atoms with van der Waals surface area (Å²) in [6.45, 7) is 13.9. The summed E-state index contributed by atoms with van der Waals surface area (Å²) in [7, 11) is 0. The van der Waals surface area contributed by atoms with Crippen molar-refractivity contribution in [3.05, 3.63) is 87.0 Å². The van der Waals surface area contributed by atoms with Gasteiger partial charge in [0.2, 0.25) is 0 Å². The molecule has 184 valence electrons. The molecule has 2 aromatic heterocycles. The molecule has 4 rings (SSSR count). The monoisotopic (exact) mass is 472 g/mol. The molecule has 7 heteroatoms. The predicted octanol–water partition coefficient (Wildman–Crippen LogP) is 5.08. The van der Waals surface area contributed by atoms with Gasteiger partial charge in [0.15, 0.2) is 5.82 Å². The van der Waals surface area contributed by atoms with E-state index in [1.165, 1.54) is 11.1 Å². The number of rotatable bonds is 8. The molecule has 1 N–H and O–H groups in total. The van der Waals surface area contributed by atoms with Crippen molar-refractivity contribution < 1.29 is 0 Å². The van der Waals surface area contributed by atoms with Gasteiger partial charge in [-0.1, -0.05) is 48.9 Å². The van der Waals surface area contributed by atoms with Crippen molar-refractivity contribution >= 4 is 10.9 Å². The first kappa shape index (κ1) is 24.8. The lowest BCUT2D eigenvalue weighted by Gasteiger charge is -2.32. The third-order valence-corrected chi connectivity index (χ3v) is 6.53. The Morgan fingerprint density at radius 3 is 2.51 bits per heavy atom. The Morgan fingerprint density at radius 1 is 1.09 bits per heavy atom. The van der Waals surface area contributed by atoms with E-state index in [1.54, 1.807) is 0 Å². The van der Waals surface area contributed by atoms with E-state index in [9.17, 15) is 4.79 Å². The van der Waals surface area contributed by atoms with E-state index in [0.29, 0.717) is 6.54 Å². The molecular formula is C28H36N6O. The van der Waals surface area contributed by atoms with Gasteiger partial charge in [0.1, 0.15) is 0 Å². The number of nitrogens with zero attached hydrogens (tertiary/aromatic N) is 5. The Balaban J connectivity index is 1.74. The van der Waals surface area contributed by atoms with Crippen LogP contribution in [0.3, 0.4) is 0 Å². The van der Waals surface area contributed by atoms with E-state index in [2.05, 4.69) is 96.4 Å². The normalized spacial score (nSPS) is 13.0. The highest BCUT2D eigenvalue weighted by molar-refractivity contribution is 5.82. The number of hydrogen-bond acceptors (Lipinski definition) is 5. The number of pyridine rings is 1. The number of aromatic nitrogens is 5. The molecule has 0 aliphatic heterocycles. The van der Waals surface area contributed by atoms with E-state index in [1.807, 2.05) is 23.7 Å². The molecule has 0 fully saturated rings. The molecule has 35 heavy (non-hydrogen) atoms. The fourth-order valence-corrected chi connectivity index (χ4v) is 4.81. The minimum absolute atomic E-state index is 0.0257. The van der Waals surface area contributed by atoms with Crippen molar-refractivity contribution in [3.63, 3.8) is 0 Å². The zero-order valence-electron chi connectivity index (χ0n) is 21.7. The Kier molecular flexibility index (Phi) is 7.17. The molecule has 2 aromatic carbocycles. The molecule has 0 aliphatic rings. The van der Waals surface area contributed by atoms with E-state index >= 15 is 0 Å². The fourth-order valence-electron chi connectivity index (χ4n) is 4.81. The zero-order valence-corrected chi connectivity index (χ0v) is 21.7. The smallest absolute Gasteiger partial charge is 0.252 e. The third kappa shape index (κ3) is 5.51. The van der Waals surface area contributed by atoms with Gasteiger partial charge in [-0.25, -0.2) is 4.68 Å². The summed E-state index contributed by atoms with van der Waals surface area (Å²) in [5.74, 6) is 0.831. The number of nitrogens with one attached hydrogen (secondary N) is 1. The largest absolute Gasteiger partial charge is 0.321 e. The van der Waals surface area contributed by atoms with E-state index in [0.717, 1.165) is 47.2 Å². The number of tetrazole rings is 1. The van der Waals surface area contributed by atoms with Crippen molar-refractivity contribution in [2.24, 2.45) is 0 Å². The maximum Gasteiger partial charge on any atom is 0.252 e. The molecule has 1 atom stereocenters. The van der Waals surface area contributed by atoms with Crippen LogP contribution in [-0.4, -0.2) is 36.6 Å². The molecule has 0 amide bonds. The van der Waals surface area contributed by atoms with Crippen LogP contribution in [0.2, 0.25) is 0 Å². The predicted molar refractivity (Wildman–Crippen MR) is 140 cm³/mol. The number of aromatic amines is 1. The minimum atomic E-state index is -0.243. The van der Waals surface area contributed by atoms with Crippen molar-refractivity contribution in [2.45, 2.75) is 72.5 Å². The first-order valence-electron chi connectivity index (χ1n) is 12.4. The fraction of sp³-hybridized carbons (Fsp3) is 0.429. The standard InChI is InChI=1S/C28H36N6O/c1-7-24(26-30-31-32-34(26)28(4,5)6)33(14-13-21-11-9-8-10-12-21)18-23-17-22-16-19(2)15-20(3)25(22)29-27(23)35/h8-12,15-17,24H,7,13-14,18H2,1-6H3,(H,29,35)/t24-/m0/s1. The summed E-state index contributed by atoms with van der Waals surface area (Å²) in [5, 5.41) is 13.8. The average molecular weight is 473 g/mol. The second-order valence-electron chi connectivity index (χ2n) is 10.4. The maximum atomic E-state index is 13.2. The molecular weight excluding hydrogens is 436 g/mol. The Hall–Kier alpha value is -3.32. The zero-order chi connectivity index (χ0) is 25.2. The molecule has 0 spiro atoms. The quantitative estimate of drug-likeness (QED) is 0.387. The van der Waals surface area contributed by atoms with E-state index in [4.69, 9.17) is 0 Å². The topological polar surface area (TPSA) is 79.7 Å². The number of hydrogen-bond donors (Lipinski definition) is 1. The number of H-pyrrole nitrogens is 1. The summed E-state index contributed by atoms with van der Waals surface area (Å²) in [6.07, 6.45) is 1.70. The lowest BCUT2D eigenvalue weighted by molar-refractivity contribution is 0.163. The molecule has 4 aromatic rings. The van der Waals surface area contributed by atoms with E-state index in [-0.39, 0.29) is 17.1 Å². The highest BCUT2D eigenvalue weighted by Gasteiger charge is 2.29. The molecule has 0 aliphatic carbocycles. The molecule has 0 saturated carbocycles. The van der Waals surface area contributed by atoms with Crippen LogP contribution in [0, 0.1) is 13.8 Å². The Bertz CT molecular complexity index is 1350. The Morgan fingerprint density at radius 2 is 1.83 bits per heavy atom. The van der Waals surface area contributed by atoms with Crippen LogP contribution in [0.25, 0.3) is 10.9 Å². The van der Waals surface area contributed by atoms with Crippen molar-refractivity contribution in [1.29, 1.82) is 0 Å². The van der Waals surface area contributed by atoms with Crippen LogP contribution in [0.4, 0.5) is 0 Å². The SMILES string of the molecule is CC[C@@H](c1nnnn1C(C)(C)C)N(CCc1ccccc1)Cc1cc2cc(C)cc(C)c2[nH]c1=O. The summed E-state index contributed by atoms with van der Waals surface area (Å²) in [5.41, 5.74) is 4.91. The highest BCUT2D eigenvalue weighted by atomic mass is 16.1. The van der Waals surface area contributed by atoms with Gasteiger partial charge in [-0.15, -0.1) is 5.10 Å². The van der Waals surface area contributed by atoms with Gasteiger partial charge < -0.3 is 4.98 Å². The number of fused-ring (bicyclic) bond motifs is 1.